The van der Waals surface area contributed by atoms with Crippen LogP contribution in [0.15, 0.2) is 24.3 Å². The molecule has 0 aliphatic heterocycles. The molecule has 0 unspecified atom stereocenters. The molecule has 0 saturated heterocycles. The molecule has 1 aromatic carbocycles. The SMILES string of the molecule is CC(C)(C)NCCC(=O)Cc1ccc(I)cc1. The van der Waals surface area contributed by atoms with Crippen molar-refractivity contribution >= 4 is 28.4 Å². The fraction of sp³-hybridized carbons (Fsp3) is 0.500. The van der Waals surface area contributed by atoms with E-state index in [0.717, 1.165) is 12.1 Å². The highest BCUT2D eigenvalue weighted by Crippen LogP contribution is 2.08. The number of Topliss-reactive ketones (excluding diaryl/α,β-unsaturated/α-hetero) is 1. The molecule has 0 amide bonds. The van der Waals surface area contributed by atoms with Crippen molar-refractivity contribution in [3.05, 3.63) is 33.4 Å². The second-order valence-electron chi connectivity index (χ2n) is 5.27. The minimum atomic E-state index is 0.0864. The maximum absolute atomic E-state index is 11.7. The number of nitrogens with one attached hydrogen (secondary N) is 1. The Bertz CT molecular complexity index is 365. The Labute approximate surface area is 117 Å². The summed E-state index contributed by atoms with van der Waals surface area (Å²) in [4.78, 5) is 11.7. The van der Waals surface area contributed by atoms with E-state index in [1.807, 2.05) is 24.3 Å². The van der Waals surface area contributed by atoms with Crippen LogP contribution in [0.2, 0.25) is 0 Å². The van der Waals surface area contributed by atoms with Crippen LogP contribution in [0.5, 0.6) is 0 Å². The van der Waals surface area contributed by atoms with E-state index in [2.05, 4.69) is 48.7 Å². The fourth-order valence-electron chi connectivity index (χ4n) is 1.50. The lowest BCUT2D eigenvalue weighted by atomic mass is 10.1. The van der Waals surface area contributed by atoms with Gasteiger partial charge in [-0.05, 0) is 61.1 Å². The molecule has 0 fully saturated rings. The summed E-state index contributed by atoms with van der Waals surface area (Å²) in [6.07, 6.45) is 1.14. The second-order valence-corrected chi connectivity index (χ2v) is 6.51. The Balaban J connectivity index is 2.32. The number of halogens is 1. The van der Waals surface area contributed by atoms with Gasteiger partial charge in [0, 0.05) is 28.5 Å². The minimum absolute atomic E-state index is 0.0864. The maximum atomic E-state index is 11.7. The molecule has 1 rings (SSSR count). The Morgan fingerprint density at radius 3 is 2.35 bits per heavy atom. The van der Waals surface area contributed by atoms with Gasteiger partial charge in [0.25, 0.3) is 0 Å². The van der Waals surface area contributed by atoms with Gasteiger partial charge in [0.2, 0.25) is 0 Å². The molecule has 0 saturated carbocycles. The normalized spacial score (nSPS) is 11.5. The summed E-state index contributed by atoms with van der Waals surface area (Å²) in [7, 11) is 0. The summed E-state index contributed by atoms with van der Waals surface area (Å²) in [5.74, 6) is 0.294. The molecule has 1 N–H and O–H groups in total. The summed E-state index contributed by atoms with van der Waals surface area (Å²) >= 11 is 2.27. The lowest BCUT2D eigenvalue weighted by molar-refractivity contribution is -0.118. The number of carbonyl (C=O) groups excluding carboxylic acids is 1. The highest BCUT2D eigenvalue weighted by molar-refractivity contribution is 14.1. The van der Waals surface area contributed by atoms with E-state index in [1.54, 1.807) is 0 Å². The number of carbonyl (C=O) groups is 1. The van der Waals surface area contributed by atoms with Crippen molar-refractivity contribution in [2.75, 3.05) is 6.54 Å². The molecule has 0 bridgehead atoms. The summed E-state index contributed by atoms with van der Waals surface area (Å²) in [6.45, 7) is 7.08. The van der Waals surface area contributed by atoms with Gasteiger partial charge in [0.05, 0.1) is 0 Å². The first kappa shape index (κ1) is 14.6. The third kappa shape index (κ3) is 6.78. The average molecular weight is 345 g/mol. The zero-order valence-corrected chi connectivity index (χ0v) is 12.9. The molecular formula is C14H20INO. The Hall–Kier alpha value is -0.420. The molecule has 3 heteroatoms. The first-order valence-electron chi connectivity index (χ1n) is 5.88. The lowest BCUT2D eigenvalue weighted by Gasteiger charge is -2.20. The number of benzene rings is 1. The third-order valence-electron chi connectivity index (χ3n) is 2.37. The van der Waals surface area contributed by atoms with Gasteiger partial charge in [-0.15, -0.1) is 0 Å². The van der Waals surface area contributed by atoms with Gasteiger partial charge in [-0.2, -0.15) is 0 Å². The van der Waals surface area contributed by atoms with Crippen LogP contribution in [0.4, 0.5) is 0 Å². The van der Waals surface area contributed by atoms with E-state index in [4.69, 9.17) is 0 Å². The van der Waals surface area contributed by atoms with Gasteiger partial charge >= 0.3 is 0 Å². The van der Waals surface area contributed by atoms with Crippen LogP contribution in [0.25, 0.3) is 0 Å². The Morgan fingerprint density at radius 2 is 1.82 bits per heavy atom. The van der Waals surface area contributed by atoms with Crippen LogP contribution in [0.3, 0.4) is 0 Å². The predicted molar refractivity (Wildman–Crippen MR) is 80.2 cm³/mol. The van der Waals surface area contributed by atoms with E-state index < -0.39 is 0 Å². The monoisotopic (exact) mass is 345 g/mol. The van der Waals surface area contributed by atoms with Crippen molar-refractivity contribution in [1.29, 1.82) is 0 Å². The van der Waals surface area contributed by atoms with E-state index in [9.17, 15) is 4.79 Å². The van der Waals surface area contributed by atoms with Crippen LogP contribution in [-0.4, -0.2) is 17.9 Å². The standard InChI is InChI=1S/C14H20INO/c1-14(2,3)16-9-8-13(17)10-11-4-6-12(15)7-5-11/h4-7,16H,8-10H2,1-3H3. The molecule has 0 aliphatic rings. The van der Waals surface area contributed by atoms with Gasteiger partial charge in [-0.1, -0.05) is 12.1 Å². The largest absolute Gasteiger partial charge is 0.312 e. The zero-order valence-electron chi connectivity index (χ0n) is 10.7. The fourth-order valence-corrected chi connectivity index (χ4v) is 1.85. The minimum Gasteiger partial charge on any atom is -0.312 e. The maximum Gasteiger partial charge on any atom is 0.138 e. The number of hydrogen-bond acceptors (Lipinski definition) is 2. The van der Waals surface area contributed by atoms with Gasteiger partial charge in [-0.25, -0.2) is 0 Å². The molecule has 0 aromatic heterocycles. The van der Waals surface area contributed by atoms with Gasteiger partial charge in [-0.3, -0.25) is 4.79 Å². The number of hydrogen-bond donors (Lipinski definition) is 1. The zero-order chi connectivity index (χ0) is 12.9. The molecule has 0 spiro atoms. The topological polar surface area (TPSA) is 29.1 Å². The molecule has 0 aliphatic carbocycles. The summed E-state index contributed by atoms with van der Waals surface area (Å²) < 4.78 is 1.20. The number of rotatable bonds is 5. The van der Waals surface area contributed by atoms with Crippen molar-refractivity contribution in [3.63, 3.8) is 0 Å². The van der Waals surface area contributed by atoms with Crippen molar-refractivity contribution in [2.24, 2.45) is 0 Å². The molecule has 0 radical (unpaired) electrons. The molecule has 1 aromatic rings. The first-order chi connectivity index (χ1) is 7.87. The summed E-state index contributed by atoms with van der Waals surface area (Å²) in [6, 6.07) is 8.13. The second kappa shape index (κ2) is 6.50. The molecular weight excluding hydrogens is 325 g/mol. The predicted octanol–water partition coefficient (Wildman–Crippen LogP) is 3.18. The third-order valence-corrected chi connectivity index (χ3v) is 3.09. The Kier molecular flexibility index (Phi) is 5.59. The van der Waals surface area contributed by atoms with Crippen LogP contribution in [-0.2, 0) is 11.2 Å². The van der Waals surface area contributed by atoms with E-state index in [0.29, 0.717) is 18.6 Å². The Morgan fingerprint density at radius 1 is 1.24 bits per heavy atom. The average Bonchev–Trinajstić information content (AvgIpc) is 2.19. The summed E-state index contributed by atoms with van der Waals surface area (Å²) in [5, 5.41) is 3.33. The van der Waals surface area contributed by atoms with E-state index >= 15 is 0 Å². The van der Waals surface area contributed by atoms with Crippen LogP contribution >= 0.6 is 22.6 Å². The first-order valence-corrected chi connectivity index (χ1v) is 6.96. The van der Waals surface area contributed by atoms with Crippen LogP contribution in [0.1, 0.15) is 32.8 Å². The lowest BCUT2D eigenvalue weighted by Crippen LogP contribution is -2.37. The van der Waals surface area contributed by atoms with E-state index in [-0.39, 0.29) is 5.54 Å². The van der Waals surface area contributed by atoms with Gasteiger partial charge in [0.15, 0.2) is 0 Å². The highest BCUT2D eigenvalue weighted by Gasteiger charge is 2.09. The van der Waals surface area contributed by atoms with Crippen LogP contribution in [0, 0.1) is 3.57 Å². The number of ketones is 1. The van der Waals surface area contributed by atoms with Crippen molar-refractivity contribution in [1.82, 2.24) is 5.32 Å². The van der Waals surface area contributed by atoms with Crippen molar-refractivity contribution in [2.45, 2.75) is 39.2 Å². The molecule has 17 heavy (non-hydrogen) atoms. The highest BCUT2D eigenvalue weighted by atomic mass is 127. The van der Waals surface area contributed by atoms with Gasteiger partial charge in [0.1, 0.15) is 5.78 Å². The smallest absolute Gasteiger partial charge is 0.138 e. The van der Waals surface area contributed by atoms with Crippen LogP contribution < -0.4 is 5.32 Å². The van der Waals surface area contributed by atoms with Crippen molar-refractivity contribution in [3.8, 4) is 0 Å². The quantitative estimate of drug-likeness (QED) is 0.831. The molecule has 0 heterocycles. The summed E-state index contributed by atoms with van der Waals surface area (Å²) in [5.41, 5.74) is 1.19. The molecule has 2 nitrogen and oxygen atoms in total. The molecule has 94 valence electrons. The van der Waals surface area contributed by atoms with E-state index in [1.165, 1.54) is 3.57 Å². The van der Waals surface area contributed by atoms with Crippen molar-refractivity contribution < 1.29 is 4.79 Å². The van der Waals surface area contributed by atoms with Gasteiger partial charge < -0.3 is 5.32 Å². The molecule has 0 atom stereocenters.